The van der Waals surface area contributed by atoms with Gasteiger partial charge in [0, 0.05) is 5.69 Å². The zero-order valence-electron chi connectivity index (χ0n) is 14.6. The second-order valence-corrected chi connectivity index (χ2v) is 7.07. The normalized spacial score (nSPS) is 17.6. The van der Waals surface area contributed by atoms with Crippen molar-refractivity contribution in [1.29, 1.82) is 0 Å². The first kappa shape index (κ1) is 17.0. The molecule has 3 aromatic rings. The molecule has 0 bridgehead atoms. The molecule has 0 amide bonds. The van der Waals surface area contributed by atoms with Crippen molar-refractivity contribution in [3.63, 3.8) is 0 Å². The van der Waals surface area contributed by atoms with Gasteiger partial charge in [-0.1, -0.05) is 29.7 Å². The highest BCUT2D eigenvalue weighted by molar-refractivity contribution is 6.29. The second kappa shape index (κ2) is 7.03. The van der Waals surface area contributed by atoms with Crippen LogP contribution in [0.15, 0.2) is 35.0 Å². The largest absolute Gasteiger partial charge is 0.479 e. The van der Waals surface area contributed by atoms with Gasteiger partial charge < -0.3 is 9.26 Å². The number of aromatic nitrogens is 4. The molecule has 3 aromatic heterocycles. The lowest BCUT2D eigenvalue weighted by atomic mass is 9.88. The average molecular weight is 371 g/mol. The predicted molar refractivity (Wildman–Crippen MR) is 97.0 cm³/mol. The monoisotopic (exact) mass is 370 g/mol. The summed E-state index contributed by atoms with van der Waals surface area (Å²) in [5.74, 6) is 2.17. The topological polar surface area (TPSA) is 73.9 Å². The van der Waals surface area contributed by atoms with E-state index in [4.69, 9.17) is 25.8 Å². The minimum atomic E-state index is -0.405. The van der Waals surface area contributed by atoms with Crippen molar-refractivity contribution in [3.05, 3.63) is 52.8 Å². The summed E-state index contributed by atoms with van der Waals surface area (Å²) in [4.78, 5) is 13.2. The quantitative estimate of drug-likeness (QED) is 0.632. The SMILES string of the molecule is CC1CCc2nc(-c3noc([C@H](C)Oc4ccc(Cl)nc4)n3)ccc2C1. The van der Waals surface area contributed by atoms with Crippen molar-refractivity contribution in [2.75, 3.05) is 0 Å². The van der Waals surface area contributed by atoms with Gasteiger partial charge in [-0.3, -0.25) is 0 Å². The number of hydrogen-bond acceptors (Lipinski definition) is 6. The summed E-state index contributed by atoms with van der Waals surface area (Å²) >= 11 is 5.78. The molecule has 0 aromatic carbocycles. The Labute approximate surface area is 156 Å². The van der Waals surface area contributed by atoms with Crippen molar-refractivity contribution < 1.29 is 9.26 Å². The Morgan fingerprint density at radius 1 is 1.23 bits per heavy atom. The highest BCUT2D eigenvalue weighted by Crippen LogP contribution is 2.27. The molecule has 3 heterocycles. The first-order chi connectivity index (χ1) is 12.6. The van der Waals surface area contributed by atoms with Crippen LogP contribution in [0, 0.1) is 5.92 Å². The molecule has 0 saturated carbocycles. The smallest absolute Gasteiger partial charge is 0.267 e. The van der Waals surface area contributed by atoms with Gasteiger partial charge in [0.15, 0.2) is 6.10 Å². The van der Waals surface area contributed by atoms with Crippen LogP contribution in [0.4, 0.5) is 0 Å². The third kappa shape index (κ3) is 3.55. The highest BCUT2D eigenvalue weighted by atomic mass is 35.5. The van der Waals surface area contributed by atoms with Gasteiger partial charge in [0.25, 0.3) is 5.89 Å². The minimum absolute atomic E-state index is 0.392. The van der Waals surface area contributed by atoms with E-state index in [9.17, 15) is 0 Å². The Morgan fingerprint density at radius 3 is 2.92 bits per heavy atom. The maximum Gasteiger partial charge on any atom is 0.267 e. The number of rotatable bonds is 4. The number of pyridine rings is 2. The highest BCUT2D eigenvalue weighted by Gasteiger charge is 2.20. The van der Waals surface area contributed by atoms with E-state index in [0.717, 1.165) is 24.2 Å². The van der Waals surface area contributed by atoms with Gasteiger partial charge in [-0.05, 0) is 55.9 Å². The summed E-state index contributed by atoms with van der Waals surface area (Å²) < 4.78 is 11.1. The lowest BCUT2D eigenvalue weighted by Crippen LogP contribution is -2.13. The Morgan fingerprint density at radius 2 is 2.12 bits per heavy atom. The summed E-state index contributed by atoms with van der Waals surface area (Å²) in [7, 11) is 0. The van der Waals surface area contributed by atoms with E-state index in [2.05, 4.69) is 28.1 Å². The van der Waals surface area contributed by atoms with Crippen LogP contribution in [0.2, 0.25) is 5.15 Å². The number of hydrogen-bond donors (Lipinski definition) is 0. The van der Waals surface area contributed by atoms with E-state index in [1.165, 1.54) is 12.0 Å². The van der Waals surface area contributed by atoms with Crippen molar-refractivity contribution in [2.45, 2.75) is 39.2 Å². The fraction of sp³-hybridized carbons (Fsp3) is 0.368. The van der Waals surface area contributed by atoms with Gasteiger partial charge in [-0.2, -0.15) is 4.98 Å². The van der Waals surface area contributed by atoms with Crippen LogP contribution in [-0.4, -0.2) is 20.1 Å². The van der Waals surface area contributed by atoms with Crippen LogP contribution in [0.3, 0.4) is 0 Å². The van der Waals surface area contributed by atoms with E-state index < -0.39 is 6.10 Å². The van der Waals surface area contributed by atoms with Crippen molar-refractivity contribution in [3.8, 4) is 17.3 Å². The first-order valence-electron chi connectivity index (χ1n) is 8.69. The maximum atomic E-state index is 5.78. The Hall–Kier alpha value is -2.47. The van der Waals surface area contributed by atoms with Gasteiger partial charge >= 0.3 is 0 Å². The van der Waals surface area contributed by atoms with Crippen molar-refractivity contribution in [2.24, 2.45) is 5.92 Å². The summed E-state index contributed by atoms with van der Waals surface area (Å²) in [6.07, 6.45) is 4.40. The van der Waals surface area contributed by atoms with Gasteiger partial charge in [-0.25, -0.2) is 9.97 Å². The molecule has 0 spiro atoms. The second-order valence-electron chi connectivity index (χ2n) is 6.68. The Balaban J connectivity index is 1.51. The number of aryl methyl sites for hydroxylation is 1. The molecule has 0 fully saturated rings. The van der Waals surface area contributed by atoms with Crippen LogP contribution < -0.4 is 4.74 Å². The molecular formula is C19H19ClN4O2. The average Bonchev–Trinajstić information content (AvgIpc) is 3.13. The molecular weight excluding hydrogens is 352 g/mol. The molecule has 0 aliphatic heterocycles. The molecule has 1 aliphatic rings. The third-order valence-electron chi connectivity index (χ3n) is 4.54. The fourth-order valence-corrected chi connectivity index (χ4v) is 3.22. The first-order valence-corrected chi connectivity index (χ1v) is 9.07. The van der Waals surface area contributed by atoms with E-state index in [1.807, 2.05) is 13.0 Å². The molecule has 7 heteroatoms. The molecule has 1 aliphatic carbocycles. The van der Waals surface area contributed by atoms with Gasteiger partial charge in [0.2, 0.25) is 5.82 Å². The summed E-state index contributed by atoms with van der Waals surface area (Å²) in [5, 5.41) is 4.48. The van der Waals surface area contributed by atoms with Crippen molar-refractivity contribution in [1.82, 2.24) is 20.1 Å². The van der Waals surface area contributed by atoms with Crippen LogP contribution in [0.5, 0.6) is 5.75 Å². The zero-order valence-corrected chi connectivity index (χ0v) is 15.4. The van der Waals surface area contributed by atoms with Gasteiger partial charge in [-0.15, -0.1) is 0 Å². The maximum absolute atomic E-state index is 5.78. The lowest BCUT2D eigenvalue weighted by Gasteiger charge is -2.20. The minimum Gasteiger partial charge on any atom is -0.479 e. The van der Waals surface area contributed by atoms with Crippen molar-refractivity contribution >= 4 is 11.6 Å². The Bertz CT molecular complexity index is 910. The number of ether oxygens (including phenoxy) is 1. The fourth-order valence-electron chi connectivity index (χ4n) is 3.11. The lowest BCUT2D eigenvalue weighted by molar-refractivity contribution is 0.175. The molecule has 0 saturated heterocycles. The number of nitrogens with zero attached hydrogens (tertiary/aromatic N) is 4. The molecule has 2 atom stereocenters. The van der Waals surface area contributed by atoms with E-state index in [1.54, 1.807) is 18.3 Å². The van der Waals surface area contributed by atoms with Crippen LogP contribution in [-0.2, 0) is 12.8 Å². The number of halogens is 1. The van der Waals surface area contributed by atoms with Crippen LogP contribution in [0.1, 0.15) is 43.5 Å². The molecule has 0 radical (unpaired) electrons. The van der Waals surface area contributed by atoms with E-state index >= 15 is 0 Å². The molecule has 4 rings (SSSR count). The Kier molecular flexibility index (Phi) is 4.59. The van der Waals surface area contributed by atoms with Gasteiger partial charge in [0.05, 0.1) is 6.20 Å². The molecule has 134 valence electrons. The molecule has 6 nitrogen and oxygen atoms in total. The summed E-state index contributed by atoms with van der Waals surface area (Å²) in [6.45, 7) is 4.12. The third-order valence-corrected chi connectivity index (χ3v) is 4.77. The molecule has 26 heavy (non-hydrogen) atoms. The summed E-state index contributed by atoms with van der Waals surface area (Å²) in [6, 6.07) is 7.50. The van der Waals surface area contributed by atoms with E-state index in [-0.39, 0.29) is 0 Å². The molecule has 1 unspecified atom stereocenters. The summed E-state index contributed by atoms with van der Waals surface area (Å²) in [5.41, 5.74) is 3.19. The van der Waals surface area contributed by atoms with Crippen LogP contribution >= 0.6 is 11.6 Å². The van der Waals surface area contributed by atoms with Gasteiger partial charge in [0.1, 0.15) is 16.6 Å². The zero-order chi connectivity index (χ0) is 18.1. The molecule has 0 N–H and O–H groups in total. The predicted octanol–water partition coefficient (Wildman–Crippen LogP) is 4.44. The number of fused-ring (bicyclic) bond motifs is 1. The van der Waals surface area contributed by atoms with Crippen LogP contribution in [0.25, 0.3) is 11.5 Å². The van der Waals surface area contributed by atoms with E-state index in [0.29, 0.717) is 28.5 Å². The standard InChI is InChI=1S/C19H19ClN4O2/c1-11-3-6-15-13(9-11)4-7-16(22-15)18-23-19(26-24-18)12(2)25-14-5-8-17(20)21-10-14/h4-5,7-8,10-12H,3,6,9H2,1-2H3/t11?,12-/m0/s1.